The molecule has 0 spiro atoms. The number of carbonyl (C=O) groups excluding carboxylic acids is 1. The molecular formula is C15H22ClN3O2. The Morgan fingerprint density at radius 2 is 2.38 bits per heavy atom. The highest BCUT2D eigenvalue weighted by Gasteiger charge is 2.16. The van der Waals surface area contributed by atoms with Crippen LogP contribution in [0.2, 0.25) is 5.02 Å². The van der Waals surface area contributed by atoms with E-state index in [9.17, 15) is 4.79 Å². The van der Waals surface area contributed by atoms with E-state index >= 15 is 0 Å². The Bertz CT molecular complexity index is 476. The summed E-state index contributed by atoms with van der Waals surface area (Å²) < 4.78 is 5.53. The summed E-state index contributed by atoms with van der Waals surface area (Å²) >= 11 is 6.06. The monoisotopic (exact) mass is 311 g/mol. The summed E-state index contributed by atoms with van der Waals surface area (Å²) in [5, 5.41) is 6.41. The first-order valence-corrected chi connectivity index (χ1v) is 7.87. The van der Waals surface area contributed by atoms with Crippen LogP contribution < -0.4 is 10.6 Å². The highest BCUT2D eigenvalue weighted by Crippen LogP contribution is 2.18. The van der Waals surface area contributed by atoms with Gasteiger partial charge in [-0.2, -0.15) is 0 Å². The number of ether oxygens (including phenoxy) is 1. The fourth-order valence-corrected chi connectivity index (χ4v) is 2.47. The van der Waals surface area contributed by atoms with Crippen molar-refractivity contribution >= 4 is 23.3 Å². The van der Waals surface area contributed by atoms with Crippen LogP contribution in [0.15, 0.2) is 12.3 Å². The van der Waals surface area contributed by atoms with Crippen molar-refractivity contribution in [2.75, 3.05) is 25.0 Å². The third-order valence-electron chi connectivity index (χ3n) is 3.43. The second kappa shape index (κ2) is 8.20. The maximum absolute atomic E-state index is 12.2. The van der Waals surface area contributed by atoms with Crippen molar-refractivity contribution in [3.63, 3.8) is 0 Å². The van der Waals surface area contributed by atoms with E-state index < -0.39 is 0 Å². The average molecular weight is 312 g/mol. The summed E-state index contributed by atoms with van der Waals surface area (Å²) in [5.41, 5.74) is 0.456. The molecule has 0 aliphatic carbocycles. The second-order valence-corrected chi connectivity index (χ2v) is 5.56. The van der Waals surface area contributed by atoms with E-state index in [0.717, 1.165) is 38.8 Å². The number of carbonyl (C=O) groups is 1. The van der Waals surface area contributed by atoms with E-state index in [4.69, 9.17) is 16.3 Å². The zero-order valence-corrected chi connectivity index (χ0v) is 13.1. The first-order chi connectivity index (χ1) is 10.2. The van der Waals surface area contributed by atoms with Crippen LogP contribution in [0.3, 0.4) is 0 Å². The molecule has 1 saturated heterocycles. The van der Waals surface area contributed by atoms with Crippen LogP contribution in [0.4, 0.5) is 5.82 Å². The molecule has 0 bridgehead atoms. The van der Waals surface area contributed by atoms with Crippen LogP contribution in [-0.2, 0) is 4.74 Å². The molecule has 1 fully saturated rings. The minimum Gasteiger partial charge on any atom is -0.378 e. The minimum absolute atomic E-state index is 0.167. The van der Waals surface area contributed by atoms with Crippen LogP contribution in [0.25, 0.3) is 0 Å². The zero-order chi connectivity index (χ0) is 15.1. The van der Waals surface area contributed by atoms with Crippen LogP contribution in [0.5, 0.6) is 0 Å². The predicted octanol–water partition coefficient (Wildman–Crippen LogP) is 2.86. The number of pyridine rings is 1. The fourth-order valence-electron chi connectivity index (χ4n) is 2.28. The smallest absolute Gasteiger partial charge is 0.252 e. The van der Waals surface area contributed by atoms with E-state index in [0.29, 0.717) is 22.9 Å². The van der Waals surface area contributed by atoms with Gasteiger partial charge in [-0.25, -0.2) is 4.98 Å². The number of hydrogen-bond donors (Lipinski definition) is 2. The quantitative estimate of drug-likeness (QED) is 0.813. The van der Waals surface area contributed by atoms with E-state index in [1.807, 2.05) is 0 Å². The van der Waals surface area contributed by atoms with Crippen molar-refractivity contribution < 1.29 is 9.53 Å². The van der Waals surface area contributed by atoms with Crippen molar-refractivity contribution in [2.24, 2.45) is 0 Å². The van der Waals surface area contributed by atoms with Gasteiger partial charge in [0.1, 0.15) is 5.82 Å². The lowest BCUT2D eigenvalue weighted by Crippen LogP contribution is -2.27. The number of nitrogens with zero attached hydrogens (tertiary/aromatic N) is 1. The molecule has 0 saturated carbocycles. The van der Waals surface area contributed by atoms with Gasteiger partial charge in [0.15, 0.2) is 0 Å². The summed E-state index contributed by atoms with van der Waals surface area (Å²) in [6.45, 7) is 4.32. The highest BCUT2D eigenvalue weighted by molar-refractivity contribution is 6.33. The van der Waals surface area contributed by atoms with Gasteiger partial charge in [-0.3, -0.25) is 4.79 Å². The third-order valence-corrected chi connectivity index (χ3v) is 3.73. The lowest BCUT2D eigenvalue weighted by atomic mass is 10.2. The number of halogens is 1. The number of amides is 1. The number of anilines is 1. The molecule has 1 atom stereocenters. The van der Waals surface area contributed by atoms with Gasteiger partial charge in [0.25, 0.3) is 5.91 Å². The van der Waals surface area contributed by atoms with Gasteiger partial charge in [-0.1, -0.05) is 18.5 Å². The molecule has 6 heteroatoms. The molecule has 1 aliphatic rings. The molecule has 21 heavy (non-hydrogen) atoms. The van der Waals surface area contributed by atoms with Crippen LogP contribution >= 0.6 is 11.6 Å². The number of rotatable bonds is 7. The molecule has 1 amide bonds. The largest absolute Gasteiger partial charge is 0.378 e. The Hall–Kier alpha value is -1.33. The van der Waals surface area contributed by atoms with Crippen molar-refractivity contribution in [1.29, 1.82) is 0 Å². The Labute approximate surface area is 130 Å². The van der Waals surface area contributed by atoms with Gasteiger partial charge in [0, 0.05) is 25.9 Å². The van der Waals surface area contributed by atoms with Crippen LogP contribution in [-0.4, -0.2) is 36.7 Å². The number of nitrogens with one attached hydrogen (secondary N) is 2. The molecule has 1 aliphatic heterocycles. The Morgan fingerprint density at radius 3 is 3.10 bits per heavy atom. The molecule has 2 rings (SSSR count). The van der Waals surface area contributed by atoms with Crippen LogP contribution in [0, 0.1) is 0 Å². The summed E-state index contributed by atoms with van der Waals surface area (Å²) in [5.74, 6) is 0.505. The fraction of sp³-hybridized carbons (Fsp3) is 0.600. The Balaban J connectivity index is 1.87. The molecule has 1 aromatic heterocycles. The van der Waals surface area contributed by atoms with Gasteiger partial charge < -0.3 is 15.4 Å². The SMILES string of the molecule is CCCNc1cc(C(=O)NCCC2CCCO2)c(Cl)cn1. The maximum atomic E-state index is 12.2. The van der Waals surface area contributed by atoms with Crippen molar-refractivity contribution in [1.82, 2.24) is 10.3 Å². The van der Waals surface area contributed by atoms with E-state index in [1.54, 1.807) is 6.07 Å². The standard InChI is InChI=1S/C15H22ClN3O2/c1-2-6-17-14-9-12(13(16)10-19-14)15(20)18-7-5-11-4-3-8-21-11/h9-11H,2-8H2,1H3,(H,17,19)(H,18,20). The van der Waals surface area contributed by atoms with E-state index in [-0.39, 0.29) is 12.0 Å². The van der Waals surface area contributed by atoms with Crippen molar-refractivity contribution in [3.8, 4) is 0 Å². The van der Waals surface area contributed by atoms with Crippen LogP contribution in [0.1, 0.15) is 43.0 Å². The van der Waals surface area contributed by atoms with Gasteiger partial charge in [-0.15, -0.1) is 0 Å². The Morgan fingerprint density at radius 1 is 1.52 bits per heavy atom. The topological polar surface area (TPSA) is 63.2 Å². The summed E-state index contributed by atoms with van der Waals surface area (Å²) in [6, 6.07) is 1.69. The second-order valence-electron chi connectivity index (χ2n) is 5.16. The summed E-state index contributed by atoms with van der Waals surface area (Å²) in [7, 11) is 0. The molecule has 0 aromatic carbocycles. The first kappa shape index (κ1) is 16.0. The van der Waals surface area contributed by atoms with Crippen molar-refractivity contribution in [3.05, 3.63) is 22.8 Å². The Kier molecular flexibility index (Phi) is 6.26. The molecule has 116 valence electrons. The van der Waals surface area contributed by atoms with E-state index in [1.165, 1.54) is 6.20 Å². The average Bonchev–Trinajstić information content (AvgIpc) is 2.99. The molecular weight excluding hydrogens is 290 g/mol. The molecule has 2 heterocycles. The molecule has 0 radical (unpaired) electrons. The third kappa shape index (κ3) is 4.86. The van der Waals surface area contributed by atoms with Gasteiger partial charge in [-0.05, 0) is 31.7 Å². The number of aromatic nitrogens is 1. The molecule has 1 aromatic rings. The van der Waals surface area contributed by atoms with Gasteiger partial charge in [0.2, 0.25) is 0 Å². The lowest BCUT2D eigenvalue weighted by molar-refractivity contribution is 0.0907. The number of hydrogen-bond acceptors (Lipinski definition) is 4. The summed E-state index contributed by atoms with van der Waals surface area (Å²) in [6.07, 6.45) is 5.81. The molecule has 5 nitrogen and oxygen atoms in total. The summed E-state index contributed by atoms with van der Waals surface area (Å²) in [4.78, 5) is 16.3. The van der Waals surface area contributed by atoms with Crippen molar-refractivity contribution in [2.45, 2.75) is 38.7 Å². The predicted molar refractivity (Wildman–Crippen MR) is 84.0 cm³/mol. The minimum atomic E-state index is -0.167. The zero-order valence-electron chi connectivity index (χ0n) is 12.3. The first-order valence-electron chi connectivity index (χ1n) is 7.50. The highest BCUT2D eigenvalue weighted by atomic mass is 35.5. The lowest BCUT2D eigenvalue weighted by Gasteiger charge is -2.11. The maximum Gasteiger partial charge on any atom is 0.252 e. The normalized spacial score (nSPS) is 17.7. The van der Waals surface area contributed by atoms with E-state index in [2.05, 4.69) is 22.5 Å². The molecule has 2 N–H and O–H groups in total. The van der Waals surface area contributed by atoms with Gasteiger partial charge in [0.05, 0.1) is 16.7 Å². The molecule has 1 unspecified atom stereocenters. The van der Waals surface area contributed by atoms with Gasteiger partial charge >= 0.3 is 0 Å².